The zero-order valence-electron chi connectivity index (χ0n) is 23.1. The molecule has 3 aromatic carbocycles. The molecule has 0 saturated carbocycles. The lowest BCUT2D eigenvalue weighted by atomic mass is 9.54. The van der Waals surface area contributed by atoms with Gasteiger partial charge in [0.15, 0.2) is 0 Å². The van der Waals surface area contributed by atoms with Gasteiger partial charge in [-0.05, 0) is 66.3 Å². The summed E-state index contributed by atoms with van der Waals surface area (Å²) in [5.74, 6) is -2.74. The fraction of sp³-hybridized carbons (Fsp3) is 0.333. The first-order valence-electron chi connectivity index (χ1n) is 14.2. The fourth-order valence-corrected chi connectivity index (χ4v) is 7.90. The number of amides is 3. The number of carbonyl (C=O) groups excluding carboxylic acids is 4. The topological polar surface area (TPSA) is 92.8 Å². The van der Waals surface area contributed by atoms with E-state index in [1.165, 1.54) is 4.90 Å². The van der Waals surface area contributed by atoms with E-state index in [0.29, 0.717) is 37.1 Å². The summed E-state index contributed by atoms with van der Waals surface area (Å²) in [6, 6.07) is 21.7. The monoisotopic (exact) mass is 604 g/mol. The Morgan fingerprint density at radius 2 is 1.29 bits per heavy atom. The number of likely N-dealkylation sites (tertiary alicyclic amines) is 1. The van der Waals surface area contributed by atoms with Gasteiger partial charge in [0.25, 0.3) is 0 Å². The second-order valence-corrected chi connectivity index (χ2v) is 12.1. The Morgan fingerprint density at radius 1 is 0.786 bits per heavy atom. The van der Waals surface area contributed by atoms with E-state index >= 15 is 0 Å². The molecule has 9 heteroatoms. The standard InChI is InChI=1S/C33H30Cl2N2O5/c1-2-42-31(41)20-15-17-21(18-16-20)36-26(38)14-4-3-9-19-37-29(39)27-28(30(37)40)33(35)23-11-6-5-10-22(23)32(27,34)24-12-7-8-13-25(24)33/h5-8,10-13,15-18,27-28H,2-4,9,14,19H2,1H3,(H,36,38)/t27-,28-,32?,33?/m1/s1. The molecule has 0 aromatic heterocycles. The number of rotatable bonds is 9. The molecule has 2 bridgehead atoms. The molecule has 1 N–H and O–H groups in total. The minimum absolute atomic E-state index is 0.154. The van der Waals surface area contributed by atoms with E-state index in [-0.39, 0.29) is 30.7 Å². The van der Waals surface area contributed by atoms with Gasteiger partial charge >= 0.3 is 5.97 Å². The maximum Gasteiger partial charge on any atom is 0.338 e. The number of carbonyl (C=O) groups is 4. The van der Waals surface area contributed by atoms with Crippen LogP contribution in [0.15, 0.2) is 72.8 Å². The highest BCUT2D eigenvalue weighted by molar-refractivity contribution is 6.36. The molecule has 0 radical (unpaired) electrons. The van der Waals surface area contributed by atoms with Crippen LogP contribution in [-0.4, -0.2) is 41.7 Å². The van der Waals surface area contributed by atoms with Crippen molar-refractivity contribution < 1.29 is 23.9 Å². The molecule has 7 nitrogen and oxygen atoms in total. The van der Waals surface area contributed by atoms with Gasteiger partial charge in [-0.3, -0.25) is 19.3 Å². The molecule has 4 aliphatic rings. The average molecular weight is 606 g/mol. The van der Waals surface area contributed by atoms with Crippen LogP contribution in [-0.2, 0) is 28.9 Å². The third-order valence-corrected chi connectivity index (χ3v) is 9.93. The third-order valence-electron chi connectivity index (χ3n) is 8.64. The fourth-order valence-electron chi connectivity index (χ4n) is 6.80. The van der Waals surface area contributed by atoms with Crippen molar-refractivity contribution in [3.63, 3.8) is 0 Å². The van der Waals surface area contributed by atoms with Crippen molar-refractivity contribution in [3.05, 3.63) is 101 Å². The Balaban J connectivity index is 1.09. The molecule has 1 heterocycles. The highest BCUT2D eigenvalue weighted by Crippen LogP contribution is 2.69. The van der Waals surface area contributed by atoms with Gasteiger partial charge in [-0.25, -0.2) is 4.79 Å². The molecule has 3 amide bonds. The normalized spacial score (nSPS) is 25.1. The van der Waals surface area contributed by atoms with Crippen molar-refractivity contribution in [1.29, 1.82) is 0 Å². The number of esters is 1. The molecule has 2 atom stereocenters. The van der Waals surface area contributed by atoms with Gasteiger partial charge in [-0.15, -0.1) is 23.2 Å². The largest absolute Gasteiger partial charge is 0.462 e. The predicted octanol–water partition coefficient (Wildman–Crippen LogP) is 5.96. The van der Waals surface area contributed by atoms with Gasteiger partial charge in [-0.1, -0.05) is 55.0 Å². The summed E-state index contributed by atoms with van der Waals surface area (Å²) in [6.07, 6.45) is 2.08. The van der Waals surface area contributed by atoms with Crippen LogP contribution in [0.1, 0.15) is 65.2 Å². The van der Waals surface area contributed by atoms with Crippen LogP contribution in [0.3, 0.4) is 0 Å². The van der Waals surface area contributed by atoms with Crippen molar-refractivity contribution in [2.75, 3.05) is 18.5 Å². The van der Waals surface area contributed by atoms with Crippen molar-refractivity contribution in [2.45, 2.75) is 42.4 Å². The van der Waals surface area contributed by atoms with Gasteiger partial charge in [0, 0.05) is 18.7 Å². The van der Waals surface area contributed by atoms with Crippen LogP contribution in [0.5, 0.6) is 0 Å². The van der Waals surface area contributed by atoms with E-state index in [1.807, 2.05) is 48.5 Å². The van der Waals surface area contributed by atoms with Gasteiger partial charge in [0.2, 0.25) is 17.7 Å². The molecule has 3 aromatic rings. The van der Waals surface area contributed by atoms with Crippen LogP contribution < -0.4 is 5.32 Å². The van der Waals surface area contributed by atoms with Crippen molar-refractivity contribution >= 4 is 52.6 Å². The predicted molar refractivity (Wildman–Crippen MR) is 159 cm³/mol. The zero-order valence-corrected chi connectivity index (χ0v) is 24.6. The number of unbranched alkanes of at least 4 members (excludes halogenated alkanes) is 2. The smallest absolute Gasteiger partial charge is 0.338 e. The highest BCUT2D eigenvalue weighted by atomic mass is 35.5. The Labute approximate surface area is 254 Å². The lowest BCUT2D eigenvalue weighted by Gasteiger charge is -2.54. The lowest BCUT2D eigenvalue weighted by molar-refractivity contribution is -0.140. The quantitative estimate of drug-likeness (QED) is 0.141. The summed E-state index contributed by atoms with van der Waals surface area (Å²) in [4.78, 5) is 50.9. The first-order valence-corrected chi connectivity index (χ1v) is 15.0. The Hall–Kier alpha value is -3.68. The first-order chi connectivity index (χ1) is 20.2. The van der Waals surface area contributed by atoms with Gasteiger partial charge in [0.05, 0.1) is 24.0 Å². The molecule has 42 heavy (non-hydrogen) atoms. The number of hydrogen-bond donors (Lipinski definition) is 1. The number of nitrogens with zero attached hydrogens (tertiary/aromatic N) is 1. The molecule has 3 aliphatic carbocycles. The SMILES string of the molecule is CCOC(=O)c1ccc(NC(=O)CCCCCN2C(=O)[C@H]3[C@H](C2=O)C2(Cl)c4ccccc4C3(Cl)c3ccccc32)cc1. The van der Waals surface area contributed by atoms with E-state index in [9.17, 15) is 19.2 Å². The van der Waals surface area contributed by atoms with E-state index in [1.54, 1.807) is 31.2 Å². The third kappa shape index (κ3) is 4.24. The lowest BCUT2D eigenvalue weighted by Crippen LogP contribution is -2.57. The van der Waals surface area contributed by atoms with Gasteiger partial charge in [0.1, 0.15) is 9.75 Å². The van der Waals surface area contributed by atoms with Crippen LogP contribution >= 0.6 is 23.2 Å². The molecular formula is C33H30Cl2N2O5. The van der Waals surface area contributed by atoms with Crippen LogP contribution in [0, 0.1) is 11.8 Å². The van der Waals surface area contributed by atoms with E-state index in [4.69, 9.17) is 27.9 Å². The maximum atomic E-state index is 13.9. The number of ether oxygens (including phenoxy) is 1. The van der Waals surface area contributed by atoms with Crippen LogP contribution in [0.25, 0.3) is 0 Å². The Bertz CT molecular complexity index is 1470. The molecule has 1 saturated heterocycles. The summed E-state index contributed by atoms with van der Waals surface area (Å²) in [5, 5.41) is 2.82. The summed E-state index contributed by atoms with van der Waals surface area (Å²) in [7, 11) is 0. The molecule has 0 unspecified atom stereocenters. The van der Waals surface area contributed by atoms with Crippen molar-refractivity contribution in [3.8, 4) is 0 Å². The minimum atomic E-state index is -1.18. The van der Waals surface area contributed by atoms with Gasteiger partial charge < -0.3 is 10.1 Å². The molecule has 216 valence electrons. The summed E-state index contributed by atoms with van der Waals surface area (Å²) < 4.78 is 4.97. The second kappa shape index (κ2) is 10.9. The van der Waals surface area contributed by atoms with E-state index < -0.39 is 27.6 Å². The van der Waals surface area contributed by atoms with E-state index in [2.05, 4.69) is 5.32 Å². The van der Waals surface area contributed by atoms with Crippen LogP contribution in [0.2, 0.25) is 0 Å². The second-order valence-electron chi connectivity index (χ2n) is 11.0. The number of alkyl halides is 2. The zero-order chi connectivity index (χ0) is 29.6. The average Bonchev–Trinajstić information content (AvgIpc) is 3.26. The molecule has 7 rings (SSSR count). The summed E-state index contributed by atoms with van der Waals surface area (Å²) in [6.45, 7) is 2.28. The minimum Gasteiger partial charge on any atom is -0.462 e. The Kier molecular flexibility index (Phi) is 7.36. The molecule has 0 spiro atoms. The number of imide groups is 1. The number of hydrogen-bond acceptors (Lipinski definition) is 5. The van der Waals surface area contributed by atoms with E-state index in [0.717, 1.165) is 22.3 Å². The number of benzene rings is 3. The highest BCUT2D eigenvalue weighted by Gasteiger charge is 2.72. The Morgan fingerprint density at radius 3 is 1.76 bits per heavy atom. The number of anilines is 1. The summed E-state index contributed by atoms with van der Waals surface area (Å²) in [5.41, 5.74) is 4.14. The molecule has 1 aliphatic heterocycles. The van der Waals surface area contributed by atoms with Crippen molar-refractivity contribution in [2.24, 2.45) is 11.8 Å². The maximum absolute atomic E-state index is 13.9. The summed E-state index contributed by atoms with van der Waals surface area (Å²) >= 11 is 14.9. The first kappa shape index (κ1) is 28.4. The number of halogens is 2. The molecule has 1 fully saturated rings. The van der Waals surface area contributed by atoms with Gasteiger partial charge in [-0.2, -0.15) is 0 Å². The van der Waals surface area contributed by atoms with Crippen LogP contribution in [0.4, 0.5) is 5.69 Å². The van der Waals surface area contributed by atoms with Crippen molar-refractivity contribution in [1.82, 2.24) is 4.90 Å². The molecular weight excluding hydrogens is 575 g/mol. The number of nitrogens with one attached hydrogen (secondary N) is 1.